The first-order valence-corrected chi connectivity index (χ1v) is 6.11. The highest BCUT2D eigenvalue weighted by atomic mass is 19.1. The molecule has 0 unspecified atom stereocenters. The number of amides is 1. The number of hydrogen-bond donors (Lipinski definition) is 1. The largest absolute Gasteiger partial charge is 0.368 e. The van der Waals surface area contributed by atoms with Gasteiger partial charge in [0, 0.05) is 26.3 Å². The summed E-state index contributed by atoms with van der Waals surface area (Å²) in [5.74, 6) is -0.430. The van der Waals surface area contributed by atoms with Crippen molar-refractivity contribution in [1.82, 2.24) is 9.88 Å². The van der Waals surface area contributed by atoms with Gasteiger partial charge in [0.1, 0.15) is 0 Å². The molecule has 1 aromatic rings. The fourth-order valence-electron chi connectivity index (χ4n) is 1.74. The number of rotatable bonds is 5. The van der Waals surface area contributed by atoms with Crippen LogP contribution in [0.1, 0.15) is 31.1 Å². The van der Waals surface area contributed by atoms with Crippen molar-refractivity contribution >= 4 is 11.7 Å². The monoisotopic (exact) mass is 253 g/mol. The van der Waals surface area contributed by atoms with E-state index < -0.39 is 5.82 Å². The highest BCUT2D eigenvalue weighted by Crippen LogP contribution is 2.16. The number of carbonyl (C=O) groups is 1. The number of carbonyl (C=O) groups excluding carboxylic acids is 1. The fourth-order valence-corrected chi connectivity index (χ4v) is 1.74. The van der Waals surface area contributed by atoms with Gasteiger partial charge < -0.3 is 10.2 Å². The Balaban J connectivity index is 2.95. The molecule has 18 heavy (non-hydrogen) atoms. The quantitative estimate of drug-likeness (QED) is 0.876. The molecule has 0 fully saturated rings. The molecule has 1 heterocycles. The van der Waals surface area contributed by atoms with Gasteiger partial charge in [0.15, 0.2) is 11.6 Å². The van der Waals surface area contributed by atoms with Crippen molar-refractivity contribution in [3.8, 4) is 0 Å². The molecule has 1 aromatic heterocycles. The highest BCUT2D eigenvalue weighted by Gasteiger charge is 2.19. The maximum Gasteiger partial charge on any atom is 0.256 e. The van der Waals surface area contributed by atoms with Gasteiger partial charge in [-0.15, -0.1) is 0 Å². The van der Waals surface area contributed by atoms with Gasteiger partial charge >= 0.3 is 0 Å². The van der Waals surface area contributed by atoms with E-state index in [1.807, 2.05) is 20.8 Å². The van der Waals surface area contributed by atoms with Crippen LogP contribution < -0.4 is 5.32 Å². The van der Waals surface area contributed by atoms with Crippen LogP contribution in [0.3, 0.4) is 0 Å². The Labute approximate surface area is 107 Å². The topological polar surface area (TPSA) is 45.2 Å². The summed E-state index contributed by atoms with van der Waals surface area (Å²) in [4.78, 5) is 17.5. The second-order valence-electron chi connectivity index (χ2n) is 4.63. The minimum Gasteiger partial charge on any atom is -0.368 e. The van der Waals surface area contributed by atoms with Gasteiger partial charge in [0.05, 0.1) is 5.56 Å². The number of nitrogens with one attached hydrogen (secondary N) is 1. The predicted molar refractivity (Wildman–Crippen MR) is 70.2 cm³/mol. The molecule has 0 atom stereocenters. The Kier molecular flexibility index (Phi) is 5.07. The summed E-state index contributed by atoms with van der Waals surface area (Å²) in [7, 11) is 1.68. The molecular weight excluding hydrogens is 233 g/mol. The average molecular weight is 253 g/mol. The number of hydrogen-bond acceptors (Lipinski definition) is 3. The minimum absolute atomic E-state index is 0.0594. The Morgan fingerprint density at radius 3 is 2.78 bits per heavy atom. The molecule has 0 aliphatic rings. The van der Waals surface area contributed by atoms with E-state index >= 15 is 0 Å². The maximum absolute atomic E-state index is 14.0. The van der Waals surface area contributed by atoms with Crippen LogP contribution in [0.25, 0.3) is 0 Å². The van der Waals surface area contributed by atoms with Crippen LogP contribution in [0, 0.1) is 11.7 Å². The summed E-state index contributed by atoms with van der Waals surface area (Å²) in [5, 5.41) is 2.79. The second-order valence-corrected chi connectivity index (χ2v) is 4.63. The van der Waals surface area contributed by atoms with Gasteiger partial charge in [0.2, 0.25) is 0 Å². The van der Waals surface area contributed by atoms with Crippen molar-refractivity contribution in [3.05, 3.63) is 23.6 Å². The molecule has 0 saturated heterocycles. The molecule has 100 valence electrons. The van der Waals surface area contributed by atoms with E-state index in [9.17, 15) is 9.18 Å². The minimum atomic E-state index is -0.583. The maximum atomic E-state index is 14.0. The van der Waals surface area contributed by atoms with Crippen LogP contribution in [0.4, 0.5) is 10.2 Å². The predicted octanol–water partition coefficient (Wildman–Crippen LogP) is 2.38. The van der Waals surface area contributed by atoms with Crippen LogP contribution in [0.2, 0.25) is 0 Å². The molecule has 1 N–H and O–H groups in total. The van der Waals surface area contributed by atoms with Crippen molar-refractivity contribution in [1.29, 1.82) is 0 Å². The van der Waals surface area contributed by atoms with Gasteiger partial charge in [-0.2, -0.15) is 0 Å². The lowest BCUT2D eigenvalue weighted by Gasteiger charge is -2.20. The first-order chi connectivity index (χ1) is 8.47. The molecular formula is C13H20FN3O. The van der Waals surface area contributed by atoms with Gasteiger partial charge in [0.25, 0.3) is 5.91 Å². The molecule has 0 spiro atoms. The van der Waals surface area contributed by atoms with Crippen molar-refractivity contribution in [3.63, 3.8) is 0 Å². The SMILES string of the molecule is CCNc1nccc(C(=O)N(C)CC(C)C)c1F. The molecule has 1 amide bonds. The zero-order valence-electron chi connectivity index (χ0n) is 11.3. The summed E-state index contributed by atoms with van der Waals surface area (Å²) in [6.07, 6.45) is 1.44. The van der Waals surface area contributed by atoms with Crippen LogP contribution >= 0.6 is 0 Å². The van der Waals surface area contributed by atoms with Crippen molar-refractivity contribution < 1.29 is 9.18 Å². The van der Waals surface area contributed by atoms with E-state index in [-0.39, 0.29) is 17.3 Å². The molecule has 5 heteroatoms. The first kappa shape index (κ1) is 14.4. The normalized spacial score (nSPS) is 10.6. The third-order valence-electron chi connectivity index (χ3n) is 2.45. The number of anilines is 1. The van der Waals surface area contributed by atoms with Crippen LogP contribution in [0.5, 0.6) is 0 Å². The lowest BCUT2D eigenvalue weighted by atomic mass is 10.1. The first-order valence-electron chi connectivity index (χ1n) is 6.11. The Morgan fingerprint density at radius 1 is 1.56 bits per heavy atom. The molecule has 0 aromatic carbocycles. The Hall–Kier alpha value is -1.65. The third-order valence-corrected chi connectivity index (χ3v) is 2.45. The van der Waals surface area contributed by atoms with Gasteiger partial charge in [-0.3, -0.25) is 4.79 Å². The molecule has 0 radical (unpaired) electrons. The van der Waals surface area contributed by atoms with E-state index in [1.165, 1.54) is 17.2 Å². The lowest BCUT2D eigenvalue weighted by molar-refractivity contribution is 0.0774. The van der Waals surface area contributed by atoms with Crippen LogP contribution in [0.15, 0.2) is 12.3 Å². The van der Waals surface area contributed by atoms with E-state index in [4.69, 9.17) is 0 Å². The summed E-state index contributed by atoms with van der Waals surface area (Å²) in [5.41, 5.74) is 0.0594. The Morgan fingerprint density at radius 2 is 2.22 bits per heavy atom. The van der Waals surface area contributed by atoms with Gasteiger partial charge in [-0.25, -0.2) is 9.37 Å². The summed E-state index contributed by atoms with van der Waals surface area (Å²) >= 11 is 0. The molecule has 0 bridgehead atoms. The van der Waals surface area contributed by atoms with E-state index in [0.29, 0.717) is 19.0 Å². The zero-order valence-corrected chi connectivity index (χ0v) is 11.3. The van der Waals surface area contributed by atoms with Crippen LogP contribution in [-0.2, 0) is 0 Å². The summed E-state index contributed by atoms with van der Waals surface area (Å²) in [6.45, 7) is 7.02. The van der Waals surface area contributed by atoms with E-state index in [2.05, 4.69) is 10.3 Å². The van der Waals surface area contributed by atoms with E-state index in [0.717, 1.165) is 0 Å². The third kappa shape index (κ3) is 3.42. The second kappa shape index (κ2) is 6.33. The van der Waals surface area contributed by atoms with Gasteiger partial charge in [-0.1, -0.05) is 13.8 Å². The molecule has 1 rings (SSSR count). The average Bonchev–Trinajstić information content (AvgIpc) is 2.30. The van der Waals surface area contributed by atoms with Crippen LogP contribution in [-0.4, -0.2) is 35.9 Å². The van der Waals surface area contributed by atoms with E-state index in [1.54, 1.807) is 7.05 Å². The molecule has 0 aliphatic carbocycles. The number of halogens is 1. The standard InChI is InChI=1S/C13H20FN3O/c1-5-15-12-11(14)10(6-7-16-12)13(18)17(4)8-9(2)3/h6-7,9H,5,8H2,1-4H3,(H,15,16). The molecule has 0 aliphatic heterocycles. The summed E-state index contributed by atoms with van der Waals surface area (Å²) < 4.78 is 14.0. The number of nitrogens with zero attached hydrogens (tertiary/aromatic N) is 2. The molecule has 0 saturated carbocycles. The number of pyridine rings is 1. The highest BCUT2D eigenvalue weighted by molar-refractivity contribution is 5.95. The molecule has 4 nitrogen and oxygen atoms in total. The fraction of sp³-hybridized carbons (Fsp3) is 0.538. The lowest BCUT2D eigenvalue weighted by Crippen LogP contribution is -2.31. The summed E-state index contributed by atoms with van der Waals surface area (Å²) in [6, 6.07) is 1.41. The number of aromatic nitrogens is 1. The Bertz CT molecular complexity index is 421. The van der Waals surface area contributed by atoms with Crippen molar-refractivity contribution in [2.24, 2.45) is 5.92 Å². The smallest absolute Gasteiger partial charge is 0.256 e. The van der Waals surface area contributed by atoms with Gasteiger partial charge in [-0.05, 0) is 18.9 Å². The van der Waals surface area contributed by atoms with Crippen molar-refractivity contribution in [2.45, 2.75) is 20.8 Å². The zero-order chi connectivity index (χ0) is 13.7. The van der Waals surface area contributed by atoms with Crippen molar-refractivity contribution in [2.75, 3.05) is 25.5 Å².